The number of hydrogen-bond donors (Lipinski definition) is 1. The van der Waals surface area contributed by atoms with Gasteiger partial charge in [0, 0.05) is 11.8 Å². The zero-order valence-electron chi connectivity index (χ0n) is 16.5. The van der Waals surface area contributed by atoms with Crippen molar-refractivity contribution >= 4 is 17.7 Å². The highest BCUT2D eigenvalue weighted by Crippen LogP contribution is 2.22. The number of ether oxygens (including phenoxy) is 1. The fraction of sp³-hybridized carbons (Fsp3) is 0.160. The molecule has 0 aliphatic carbocycles. The van der Waals surface area contributed by atoms with E-state index >= 15 is 0 Å². The van der Waals surface area contributed by atoms with Gasteiger partial charge in [-0.1, -0.05) is 60.2 Å². The quantitative estimate of drug-likeness (QED) is 0.553. The summed E-state index contributed by atoms with van der Waals surface area (Å²) in [6, 6.07) is 21.9. The van der Waals surface area contributed by atoms with Gasteiger partial charge in [-0.15, -0.1) is 0 Å². The first-order valence-corrected chi connectivity index (χ1v) is 9.35. The van der Waals surface area contributed by atoms with Crippen molar-refractivity contribution in [1.82, 2.24) is 0 Å². The van der Waals surface area contributed by atoms with Gasteiger partial charge in [-0.2, -0.15) is 0 Å². The van der Waals surface area contributed by atoms with Crippen LogP contribution in [0.25, 0.3) is 6.08 Å². The van der Waals surface area contributed by atoms with Crippen LogP contribution >= 0.6 is 0 Å². The fourth-order valence-corrected chi connectivity index (χ4v) is 3.13. The number of aryl methyl sites for hydroxylation is 3. The average molecular weight is 371 g/mol. The topological polar surface area (TPSA) is 38.3 Å². The summed E-state index contributed by atoms with van der Waals surface area (Å²) in [5, 5.41) is 2.98. The molecule has 0 saturated heterocycles. The maximum Gasteiger partial charge on any atom is 0.248 e. The molecule has 0 aliphatic rings. The van der Waals surface area contributed by atoms with Crippen LogP contribution < -0.4 is 10.1 Å². The molecule has 3 aromatic carbocycles. The van der Waals surface area contributed by atoms with E-state index < -0.39 is 0 Å². The van der Waals surface area contributed by atoms with Crippen molar-refractivity contribution in [2.24, 2.45) is 0 Å². The van der Waals surface area contributed by atoms with E-state index in [-0.39, 0.29) is 5.91 Å². The number of nitrogens with one attached hydrogen (secondary N) is 1. The first-order chi connectivity index (χ1) is 13.5. The van der Waals surface area contributed by atoms with Crippen molar-refractivity contribution in [1.29, 1.82) is 0 Å². The predicted octanol–water partition coefficient (Wildman–Crippen LogP) is 5.84. The van der Waals surface area contributed by atoms with Gasteiger partial charge in [-0.25, -0.2) is 0 Å². The number of amides is 1. The van der Waals surface area contributed by atoms with Crippen LogP contribution in [0, 0.1) is 20.8 Å². The molecule has 0 saturated carbocycles. The zero-order chi connectivity index (χ0) is 19.9. The molecule has 0 radical (unpaired) electrons. The summed E-state index contributed by atoms with van der Waals surface area (Å²) in [5.74, 6) is 0.663. The largest absolute Gasteiger partial charge is 0.489 e. The Labute approximate surface area is 166 Å². The van der Waals surface area contributed by atoms with Gasteiger partial charge in [0.2, 0.25) is 5.91 Å². The van der Waals surface area contributed by atoms with E-state index in [0.717, 1.165) is 33.7 Å². The predicted molar refractivity (Wildman–Crippen MR) is 116 cm³/mol. The summed E-state index contributed by atoms with van der Waals surface area (Å²) in [6.07, 6.45) is 3.35. The van der Waals surface area contributed by atoms with Gasteiger partial charge in [-0.3, -0.25) is 4.79 Å². The van der Waals surface area contributed by atoms with Gasteiger partial charge in [0.25, 0.3) is 0 Å². The number of carbonyl (C=O) groups excluding carboxylic acids is 1. The van der Waals surface area contributed by atoms with E-state index in [1.807, 2.05) is 68.4 Å². The van der Waals surface area contributed by atoms with Crippen molar-refractivity contribution in [3.05, 3.63) is 101 Å². The van der Waals surface area contributed by atoms with Crippen LogP contribution in [0.1, 0.15) is 27.8 Å². The third-order valence-corrected chi connectivity index (χ3v) is 4.48. The van der Waals surface area contributed by atoms with Gasteiger partial charge in [0.15, 0.2) is 0 Å². The van der Waals surface area contributed by atoms with Crippen molar-refractivity contribution in [3.8, 4) is 5.75 Å². The first-order valence-electron chi connectivity index (χ1n) is 9.35. The standard InChI is InChI=1S/C25H25NO2/c1-18-15-19(2)25(20(3)16-18)26-24(27)14-11-21-9-12-23(13-10-21)28-17-22-7-5-4-6-8-22/h4-16H,17H2,1-3H3,(H,26,27)/b14-11+. The Kier molecular flexibility index (Phi) is 6.28. The smallest absolute Gasteiger partial charge is 0.248 e. The van der Waals surface area contributed by atoms with Crippen LogP contribution in [-0.2, 0) is 11.4 Å². The molecule has 0 aliphatic heterocycles. The highest BCUT2D eigenvalue weighted by Gasteiger charge is 2.06. The van der Waals surface area contributed by atoms with Gasteiger partial charge < -0.3 is 10.1 Å². The number of anilines is 1. The van der Waals surface area contributed by atoms with Crippen LogP contribution in [0.15, 0.2) is 72.8 Å². The minimum atomic E-state index is -0.139. The normalized spacial score (nSPS) is 10.8. The second-order valence-corrected chi connectivity index (χ2v) is 6.94. The lowest BCUT2D eigenvalue weighted by atomic mass is 10.1. The summed E-state index contributed by atoms with van der Waals surface area (Å²) < 4.78 is 5.78. The highest BCUT2D eigenvalue weighted by molar-refractivity contribution is 6.02. The lowest BCUT2D eigenvalue weighted by Crippen LogP contribution is -2.10. The number of hydrogen-bond acceptors (Lipinski definition) is 2. The summed E-state index contributed by atoms with van der Waals surface area (Å²) >= 11 is 0. The van der Waals surface area contributed by atoms with Gasteiger partial charge in [0.1, 0.15) is 12.4 Å². The molecule has 0 aromatic heterocycles. The Morgan fingerprint density at radius 2 is 1.57 bits per heavy atom. The lowest BCUT2D eigenvalue weighted by Gasteiger charge is -2.11. The van der Waals surface area contributed by atoms with Crippen molar-refractivity contribution < 1.29 is 9.53 Å². The molecule has 0 fully saturated rings. The molecule has 28 heavy (non-hydrogen) atoms. The highest BCUT2D eigenvalue weighted by atomic mass is 16.5. The van der Waals surface area contributed by atoms with Crippen LogP contribution in [0.2, 0.25) is 0 Å². The minimum Gasteiger partial charge on any atom is -0.489 e. The molecule has 3 rings (SSSR count). The van der Waals surface area contributed by atoms with E-state index in [9.17, 15) is 4.79 Å². The molecular formula is C25H25NO2. The number of benzene rings is 3. The number of carbonyl (C=O) groups is 1. The fourth-order valence-electron chi connectivity index (χ4n) is 3.13. The molecule has 0 unspecified atom stereocenters. The second kappa shape index (κ2) is 9.05. The molecular weight excluding hydrogens is 346 g/mol. The van der Waals surface area contributed by atoms with Gasteiger partial charge >= 0.3 is 0 Å². The van der Waals surface area contributed by atoms with Crippen molar-refractivity contribution in [3.63, 3.8) is 0 Å². The molecule has 0 heterocycles. The third-order valence-electron chi connectivity index (χ3n) is 4.48. The van der Waals surface area contributed by atoms with Crippen LogP contribution in [0.3, 0.4) is 0 Å². The zero-order valence-corrected chi connectivity index (χ0v) is 16.5. The molecule has 0 bridgehead atoms. The van der Waals surface area contributed by atoms with Gasteiger partial charge in [0.05, 0.1) is 0 Å². The molecule has 0 atom stereocenters. The molecule has 142 valence electrons. The third kappa shape index (κ3) is 5.34. The number of rotatable bonds is 6. The molecule has 3 nitrogen and oxygen atoms in total. The first kappa shape index (κ1) is 19.4. The summed E-state index contributed by atoms with van der Waals surface area (Å²) in [6.45, 7) is 6.60. The van der Waals surface area contributed by atoms with E-state index in [2.05, 4.69) is 24.4 Å². The van der Waals surface area contributed by atoms with Crippen molar-refractivity contribution in [2.75, 3.05) is 5.32 Å². The Bertz CT molecular complexity index is 950. The Morgan fingerprint density at radius 1 is 0.929 bits per heavy atom. The molecule has 0 spiro atoms. The van der Waals surface area contributed by atoms with E-state index in [1.54, 1.807) is 12.2 Å². The van der Waals surface area contributed by atoms with E-state index in [1.165, 1.54) is 5.56 Å². The summed E-state index contributed by atoms with van der Waals surface area (Å²) in [4.78, 5) is 12.3. The molecule has 3 heteroatoms. The maximum atomic E-state index is 12.3. The molecule has 3 aromatic rings. The van der Waals surface area contributed by atoms with Crippen molar-refractivity contribution in [2.45, 2.75) is 27.4 Å². The summed E-state index contributed by atoms with van der Waals surface area (Å²) in [5.41, 5.74) is 6.28. The van der Waals surface area contributed by atoms with Crippen LogP contribution in [0.4, 0.5) is 5.69 Å². The maximum absolute atomic E-state index is 12.3. The van der Waals surface area contributed by atoms with Crippen LogP contribution in [-0.4, -0.2) is 5.91 Å². The molecule has 1 amide bonds. The monoisotopic (exact) mass is 371 g/mol. The SMILES string of the molecule is Cc1cc(C)c(NC(=O)/C=C/c2ccc(OCc3ccccc3)cc2)c(C)c1. The Morgan fingerprint density at radius 3 is 2.21 bits per heavy atom. The van der Waals surface area contributed by atoms with E-state index in [0.29, 0.717) is 6.61 Å². The Balaban J connectivity index is 1.57. The Hall–Kier alpha value is -3.33. The second-order valence-electron chi connectivity index (χ2n) is 6.94. The molecule has 1 N–H and O–H groups in total. The summed E-state index contributed by atoms with van der Waals surface area (Å²) in [7, 11) is 0. The average Bonchev–Trinajstić information content (AvgIpc) is 2.69. The van der Waals surface area contributed by atoms with Gasteiger partial charge in [-0.05, 0) is 61.2 Å². The minimum absolute atomic E-state index is 0.139. The van der Waals surface area contributed by atoms with Crippen LogP contribution in [0.5, 0.6) is 5.75 Å². The van der Waals surface area contributed by atoms with E-state index in [4.69, 9.17) is 4.74 Å². The lowest BCUT2D eigenvalue weighted by molar-refractivity contribution is -0.111.